The molecule has 0 saturated carbocycles. The molecule has 0 unspecified atom stereocenters. The molecule has 29 heavy (non-hydrogen) atoms. The third-order valence-electron chi connectivity index (χ3n) is 5.13. The number of ether oxygens (including phenoxy) is 2. The van der Waals surface area contributed by atoms with Gasteiger partial charge in [-0.1, -0.05) is 18.2 Å². The molecular formula is C22H26N2O5. The predicted octanol–water partition coefficient (Wildman–Crippen LogP) is 2.37. The summed E-state index contributed by atoms with van der Waals surface area (Å²) in [4.78, 5) is 26.8. The van der Waals surface area contributed by atoms with Crippen LogP contribution in [-0.4, -0.2) is 55.2 Å². The van der Waals surface area contributed by atoms with Crippen molar-refractivity contribution in [3.8, 4) is 17.2 Å². The Morgan fingerprint density at radius 1 is 1.07 bits per heavy atom. The quantitative estimate of drug-likeness (QED) is 0.780. The minimum atomic E-state index is -0.293. The van der Waals surface area contributed by atoms with Gasteiger partial charge in [-0.3, -0.25) is 9.59 Å². The normalized spacial score (nSPS) is 14.3. The van der Waals surface area contributed by atoms with E-state index in [4.69, 9.17) is 9.47 Å². The average molecular weight is 398 g/mol. The molecule has 7 nitrogen and oxygen atoms in total. The van der Waals surface area contributed by atoms with E-state index in [1.807, 2.05) is 17.0 Å². The molecule has 0 aliphatic carbocycles. The number of aromatic hydroxyl groups is 1. The molecule has 3 rings (SSSR count). The second-order valence-corrected chi connectivity index (χ2v) is 7.01. The second-order valence-electron chi connectivity index (χ2n) is 7.01. The molecule has 154 valence electrons. The molecule has 7 heteroatoms. The van der Waals surface area contributed by atoms with Crippen LogP contribution in [-0.2, 0) is 11.2 Å². The highest BCUT2D eigenvalue weighted by Gasteiger charge is 2.25. The number of nitrogens with zero attached hydrogens (tertiary/aromatic N) is 1. The highest BCUT2D eigenvalue weighted by molar-refractivity contribution is 5.96. The molecule has 0 bridgehead atoms. The number of benzene rings is 2. The van der Waals surface area contributed by atoms with Crippen LogP contribution in [0.1, 0.15) is 28.8 Å². The molecule has 2 N–H and O–H groups in total. The first-order valence-corrected chi connectivity index (χ1v) is 9.59. The van der Waals surface area contributed by atoms with Gasteiger partial charge in [-0.2, -0.15) is 0 Å². The summed E-state index contributed by atoms with van der Waals surface area (Å²) in [6, 6.07) is 11.9. The van der Waals surface area contributed by atoms with Gasteiger partial charge in [-0.25, -0.2) is 0 Å². The molecule has 0 aromatic heterocycles. The van der Waals surface area contributed by atoms with E-state index in [1.54, 1.807) is 38.5 Å². The number of phenols is 1. The number of para-hydroxylation sites is 1. The lowest BCUT2D eigenvalue weighted by Gasteiger charge is -2.32. The fourth-order valence-corrected chi connectivity index (χ4v) is 3.48. The molecule has 2 aromatic carbocycles. The van der Waals surface area contributed by atoms with Crippen molar-refractivity contribution in [2.45, 2.75) is 25.3 Å². The fraction of sp³-hybridized carbons (Fsp3) is 0.364. The van der Waals surface area contributed by atoms with Crippen LogP contribution in [0.25, 0.3) is 0 Å². The number of carbonyl (C=O) groups is 2. The monoisotopic (exact) mass is 398 g/mol. The van der Waals surface area contributed by atoms with E-state index in [2.05, 4.69) is 5.32 Å². The molecule has 0 spiro atoms. The Bertz CT molecular complexity index is 875. The smallest absolute Gasteiger partial charge is 0.255 e. The maximum atomic E-state index is 12.7. The minimum absolute atomic E-state index is 0.0211. The zero-order valence-electron chi connectivity index (χ0n) is 16.7. The molecule has 1 heterocycles. The van der Waals surface area contributed by atoms with Crippen LogP contribution in [0.5, 0.6) is 17.2 Å². The van der Waals surface area contributed by atoms with E-state index >= 15 is 0 Å². The Labute approximate surface area is 170 Å². The van der Waals surface area contributed by atoms with Crippen LogP contribution in [0.15, 0.2) is 42.5 Å². The molecule has 1 aliphatic rings. The zero-order chi connectivity index (χ0) is 20.8. The summed E-state index contributed by atoms with van der Waals surface area (Å²) >= 11 is 0. The Balaban J connectivity index is 1.52. The van der Waals surface area contributed by atoms with Crippen molar-refractivity contribution in [3.63, 3.8) is 0 Å². The first-order chi connectivity index (χ1) is 14.0. The SMILES string of the molecule is COc1ccc(CC(=O)N2CCC(NC(=O)c3ccccc3O)CC2)cc1OC. The van der Waals surface area contributed by atoms with Gasteiger partial charge < -0.3 is 24.8 Å². The van der Waals surface area contributed by atoms with E-state index in [-0.39, 0.29) is 35.6 Å². The van der Waals surface area contributed by atoms with E-state index in [0.717, 1.165) is 5.56 Å². The van der Waals surface area contributed by atoms with Gasteiger partial charge in [0, 0.05) is 19.1 Å². The van der Waals surface area contributed by atoms with Crippen molar-refractivity contribution < 1.29 is 24.2 Å². The molecule has 2 amide bonds. The third-order valence-corrected chi connectivity index (χ3v) is 5.13. The number of carbonyl (C=O) groups excluding carboxylic acids is 2. The topological polar surface area (TPSA) is 88.1 Å². The molecule has 0 radical (unpaired) electrons. The lowest BCUT2D eigenvalue weighted by atomic mass is 10.0. The molecule has 1 aliphatic heterocycles. The first kappa shape index (κ1) is 20.5. The van der Waals surface area contributed by atoms with Crippen molar-refractivity contribution in [1.29, 1.82) is 0 Å². The van der Waals surface area contributed by atoms with Crippen LogP contribution in [0.3, 0.4) is 0 Å². The van der Waals surface area contributed by atoms with Crippen LogP contribution in [0.2, 0.25) is 0 Å². The Morgan fingerprint density at radius 3 is 2.41 bits per heavy atom. The number of amides is 2. The minimum Gasteiger partial charge on any atom is -0.507 e. The number of hydrogen-bond acceptors (Lipinski definition) is 5. The van der Waals surface area contributed by atoms with Crippen molar-refractivity contribution >= 4 is 11.8 Å². The number of phenolic OH excluding ortho intramolecular Hbond substituents is 1. The summed E-state index contributed by atoms with van der Waals surface area (Å²) in [5, 5.41) is 12.8. The number of hydrogen-bond donors (Lipinski definition) is 2. The summed E-state index contributed by atoms with van der Waals surface area (Å²) in [6.45, 7) is 1.16. The van der Waals surface area contributed by atoms with E-state index < -0.39 is 0 Å². The van der Waals surface area contributed by atoms with Gasteiger partial charge in [-0.05, 0) is 42.7 Å². The largest absolute Gasteiger partial charge is 0.507 e. The number of piperidine rings is 1. The Hall–Kier alpha value is -3.22. The van der Waals surface area contributed by atoms with E-state index in [0.29, 0.717) is 37.4 Å². The molecule has 0 atom stereocenters. The average Bonchev–Trinajstić information content (AvgIpc) is 2.74. The summed E-state index contributed by atoms with van der Waals surface area (Å²) in [5.41, 5.74) is 1.13. The van der Waals surface area contributed by atoms with Crippen LogP contribution in [0.4, 0.5) is 0 Å². The number of nitrogens with one attached hydrogen (secondary N) is 1. The van der Waals surface area contributed by atoms with Crippen molar-refractivity contribution in [1.82, 2.24) is 10.2 Å². The van der Waals surface area contributed by atoms with Crippen molar-refractivity contribution in [3.05, 3.63) is 53.6 Å². The maximum absolute atomic E-state index is 12.7. The number of rotatable bonds is 6. The van der Waals surface area contributed by atoms with Crippen molar-refractivity contribution in [2.75, 3.05) is 27.3 Å². The molecule has 2 aromatic rings. The van der Waals surface area contributed by atoms with Crippen LogP contribution < -0.4 is 14.8 Å². The Kier molecular flexibility index (Phi) is 6.59. The highest BCUT2D eigenvalue weighted by atomic mass is 16.5. The highest BCUT2D eigenvalue weighted by Crippen LogP contribution is 2.28. The molecule has 1 fully saturated rings. The van der Waals surface area contributed by atoms with Gasteiger partial charge in [0.25, 0.3) is 5.91 Å². The van der Waals surface area contributed by atoms with Gasteiger partial charge in [0.2, 0.25) is 5.91 Å². The third kappa shape index (κ3) is 4.99. The summed E-state index contributed by atoms with van der Waals surface area (Å²) < 4.78 is 10.5. The van der Waals surface area contributed by atoms with Gasteiger partial charge in [0.05, 0.1) is 26.2 Å². The Morgan fingerprint density at radius 2 is 1.76 bits per heavy atom. The number of methoxy groups -OCH3 is 2. The maximum Gasteiger partial charge on any atom is 0.255 e. The summed E-state index contributed by atoms with van der Waals surface area (Å²) in [7, 11) is 3.14. The van der Waals surface area contributed by atoms with E-state index in [9.17, 15) is 14.7 Å². The summed E-state index contributed by atoms with van der Waals surface area (Å²) in [6.07, 6.45) is 1.64. The second kappa shape index (κ2) is 9.32. The number of likely N-dealkylation sites (tertiary alicyclic amines) is 1. The fourth-order valence-electron chi connectivity index (χ4n) is 3.48. The zero-order valence-corrected chi connectivity index (χ0v) is 16.7. The molecule has 1 saturated heterocycles. The van der Waals surface area contributed by atoms with Gasteiger partial charge in [0.15, 0.2) is 11.5 Å². The van der Waals surface area contributed by atoms with Crippen LogP contribution in [0, 0.1) is 0 Å². The summed E-state index contributed by atoms with van der Waals surface area (Å²) in [5.74, 6) is 0.946. The lowest BCUT2D eigenvalue weighted by Crippen LogP contribution is -2.47. The van der Waals surface area contributed by atoms with Crippen molar-refractivity contribution in [2.24, 2.45) is 0 Å². The first-order valence-electron chi connectivity index (χ1n) is 9.59. The lowest BCUT2D eigenvalue weighted by molar-refractivity contribution is -0.131. The van der Waals surface area contributed by atoms with Gasteiger partial charge in [0.1, 0.15) is 5.75 Å². The molecular weight excluding hydrogens is 372 g/mol. The predicted molar refractivity (Wildman–Crippen MR) is 108 cm³/mol. The van der Waals surface area contributed by atoms with E-state index in [1.165, 1.54) is 6.07 Å². The van der Waals surface area contributed by atoms with Gasteiger partial charge in [-0.15, -0.1) is 0 Å². The van der Waals surface area contributed by atoms with Gasteiger partial charge >= 0.3 is 0 Å². The standard InChI is InChI=1S/C22H26N2O5/c1-28-19-8-7-15(13-20(19)29-2)14-21(26)24-11-9-16(10-12-24)23-22(27)17-5-3-4-6-18(17)25/h3-8,13,16,25H,9-12,14H2,1-2H3,(H,23,27). The van der Waals surface area contributed by atoms with Crippen LogP contribution >= 0.6 is 0 Å².